The molecule has 0 spiro atoms. The van der Waals surface area contributed by atoms with Crippen LogP contribution < -0.4 is 10.1 Å². The monoisotopic (exact) mass is 773 g/mol. The van der Waals surface area contributed by atoms with Gasteiger partial charge in [-0.2, -0.15) is 0 Å². The van der Waals surface area contributed by atoms with Crippen LogP contribution in [-0.2, 0) is 36.9 Å². The Morgan fingerprint density at radius 1 is 0.736 bits per heavy atom. The topological polar surface area (TPSA) is 104 Å². The third-order valence-corrected chi connectivity index (χ3v) is 10.1. The number of morpholine rings is 2. The van der Waals surface area contributed by atoms with Crippen LogP contribution in [0, 0.1) is 11.6 Å². The van der Waals surface area contributed by atoms with E-state index in [1.165, 1.54) is 31.2 Å². The van der Waals surface area contributed by atoms with Gasteiger partial charge in [-0.1, -0.05) is 35.9 Å². The summed E-state index contributed by atoms with van der Waals surface area (Å²) in [5.74, 6) is -0.477. The molecular formula is C38H43Cl2F2N5O6. The van der Waals surface area contributed by atoms with Crippen molar-refractivity contribution in [3.63, 3.8) is 0 Å². The van der Waals surface area contributed by atoms with Crippen molar-refractivity contribution >= 4 is 46.6 Å². The second-order valence-corrected chi connectivity index (χ2v) is 14.4. The molecule has 3 aromatic rings. The summed E-state index contributed by atoms with van der Waals surface area (Å²) >= 11 is 11.7. The van der Waals surface area contributed by atoms with Gasteiger partial charge in [-0.05, 0) is 53.6 Å². The second kappa shape index (κ2) is 18.0. The average molecular weight is 775 g/mol. The van der Waals surface area contributed by atoms with Gasteiger partial charge < -0.3 is 29.3 Å². The fourth-order valence-electron chi connectivity index (χ4n) is 7.47. The number of fused-ring (bicyclic) bond motifs is 4. The number of alkyl halides is 1. The number of rotatable bonds is 9. The summed E-state index contributed by atoms with van der Waals surface area (Å²) < 4.78 is 43.1. The number of amides is 3. The molecule has 0 saturated carbocycles. The number of anilines is 1. The minimum Gasteiger partial charge on any atom is -0.482 e. The van der Waals surface area contributed by atoms with Crippen LogP contribution in [0.15, 0.2) is 66.7 Å². The van der Waals surface area contributed by atoms with Crippen molar-refractivity contribution in [2.45, 2.75) is 44.2 Å². The lowest BCUT2D eigenvalue weighted by molar-refractivity contribution is -0.157. The lowest BCUT2D eigenvalue weighted by atomic mass is 10.0. The molecule has 4 saturated heterocycles. The SMILES string of the molecule is CC(=O)Nc1cc(Cl)ccc1OCC(=O)N1C2COCC1CN(Cc1ccc(F)cc1)C2.O=C(CCl)N1C2COCC1CN(Cc1ccc(F)cc1)C2. The summed E-state index contributed by atoms with van der Waals surface area (Å²) in [5.41, 5.74) is 2.53. The molecule has 4 unspecified atom stereocenters. The molecule has 3 aromatic carbocycles. The van der Waals surface area contributed by atoms with Gasteiger partial charge in [-0.3, -0.25) is 24.2 Å². The molecule has 4 bridgehead atoms. The van der Waals surface area contributed by atoms with Gasteiger partial charge in [0.15, 0.2) is 6.61 Å². The number of hydrogen-bond donors (Lipinski definition) is 1. The van der Waals surface area contributed by atoms with Crippen LogP contribution >= 0.6 is 23.2 Å². The van der Waals surface area contributed by atoms with Gasteiger partial charge in [-0.15, -0.1) is 11.6 Å². The Bertz CT molecular complexity index is 1710. The zero-order valence-electron chi connectivity index (χ0n) is 29.4. The summed E-state index contributed by atoms with van der Waals surface area (Å²) in [6, 6.07) is 17.9. The quantitative estimate of drug-likeness (QED) is 0.320. The summed E-state index contributed by atoms with van der Waals surface area (Å²) in [5, 5.41) is 3.12. The van der Waals surface area contributed by atoms with Crippen molar-refractivity contribution in [3.05, 3.63) is 94.5 Å². The Labute approximate surface area is 317 Å². The summed E-state index contributed by atoms with van der Waals surface area (Å²) in [7, 11) is 0. The average Bonchev–Trinajstić information content (AvgIpc) is 3.12. The molecular weight excluding hydrogens is 731 g/mol. The maximum absolute atomic E-state index is 13.2. The van der Waals surface area contributed by atoms with E-state index in [1.54, 1.807) is 42.5 Å². The van der Waals surface area contributed by atoms with Gasteiger partial charge in [0.05, 0.1) is 56.3 Å². The zero-order chi connectivity index (χ0) is 37.5. The Hall–Kier alpha value is -3.85. The molecule has 4 fully saturated rings. The van der Waals surface area contributed by atoms with E-state index in [-0.39, 0.29) is 66.0 Å². The highest BCUT2D eigenvalue weighted by atomic mass is 35.5. The maximum atomic E-state index is 13.2. The number of benzene rings is 3. The first-order valence-corrected chi connectivity index (χ1v) is 18.4. The zero-order valence-corrected chi connectivity index (χ0v) is 30.9. The molecule has 7 rings (SSSR count). The minimum absolute atomic E-state index is 0.0172. The van der Waals surface area contributed by atoms with E-state index >= 15 is 0 Å². The first-order chi connectivity index (χ1) is 25.6. The van der Waals surface area contributed by atoms with Gasteiger partial charge in [0, 0.05) is 51.2 Å². The molecule has 0 aromatic heterocycles. The van der Waals surface area contributed by atoms with Gasteiger partial charge in [0.2, 0.25) is 11.8 Å². The molecule has 53 heavy (non-hydrogen) atoms. The van der Waals surface area contributed by atoms with Crippen LogP contribution in [0.3, 0.4) is 0 Å². The van der Waals surface area contributed by atoms with Crippen LogP contribution in [0.2, 0.25) is 5.02 Å². The molecule has 3 amide bonds. The summed E-state index contributed by atoms with van der Waals surface area (Å²) in [6.45, 7) is 7.56. The number of carbonyl (C=O) groups is 3. The van der Waals surface area contributed by atoms with Crippen LogP contribution in [0.4, 0.5) is 14.5 Å². The van der Waals surface area contributed by atoms with Crippen LogP contribution in [0.25, 0.3) is 0 Å². The minimum atomic E-state index is -0.257. The van der Waals surface area contributed by atoms with E-state index in [2.05, 4.69) is 15.1 Å². The van der Waals surface area contributed by atoms with Crippen LogP contribution in [0.1, 0.15) is 18.1 Å². The predicted molar refractivity (Wildman–Crippen MR) is 196 cm³/mol. The predicted octanol–water partition coefficient (Wildman–Crippen LogP) is 4.40. The van der Waals surface area contributed by atoms with Gasteiger partial charge in [0.1, 0.15) is 23.3 Å². The van der Waals surface area contributed by atoms with E-state index in [9.17, 15) is 23.2 Å². The third-order valence-electron chi connectivity index (χ3n) is 9.62. The number of carbonyl (C=O) groups excluding carboxylic acids is 3. The largest absolute Gasteiger partial charge is 0.482 e. The normalized spacial score (nSPS) is 22.7. The van der Waals surface area contributed by atoms with E-state index in [0.717, 1.165) is 30.8 Å². The van der Waals surface area contributed by atoms with Crippen LogP contribution in [0.5, 0.6) is 5.75 Å². The van der Waals surface area contributed by atoms with Crippen molar-refractivity contribution in [3.8, 4) is 5.75 Å². The van der Waals surface area contributed by atoms with Crippen molar-refractivity contribution < 1.29 is 37.4 Å². The van der Waals surface area contributed by atoms with Gasteiger partial charge in [0.25, 0.3) is 5.91 Å². The Kier molecular flexibility index (Phi) is 13.2. The fraction of sp³-hybridized carbons (Fsp3) is 0.447. The highest BCUT2D eigenvalue weighted by Crippen LogP contribution is 2.29. The first-order valence-electron chi connectivity index (χ1n) is 17.5. The van der Waals surface area contributed by atoms with Gasteiger partial charge >= 0.3 is 0 Å². The number of halogens is 4. The molecule has 11 nitrogen and oxygen atoms in total. The lowest BCUT2D eigenvalue weighted by Gasteiger charge is -2.49. The lowest BCUT2D eigenvalue weighted by Crippen LogP contribution is -2.66. The Balaban J connectivity index is 0.000000198. The fourth-order valence-corrected chi connectivity index (χ4v) is 7.78. The number of hydrogen-bond acceptors (Lipinski definition) is 8. The first kappa shape index (κ1) is 38.9. The Morgan fingerprint density at radius 3 is 1.62 bits per heavy atom. The Morgan fingerprint density at radius 2 is 1.19 bits per heavy atom. The van der Waals surface area contributed by atoms with Crippen LogP contribution in [-0.4, -0.2) is 127 Å². The molecule has 4 aliphatic rings. The molecule has 4 aliphatic heterocycles. The molecule has 1 N–H and O–H groups in total. The molecule has 15 heteroatoms. The summed E-state index contributed by atoms with van der Waals surface area (Å²) in [6.07, 6.45) is 0. The smallest absolute Gasteiger partial charge is 0.261 e. The van der Waals surface area contributed by atoms with Crippen molar-refractivity contribution in [2.75, 3.05) is 70.4 Å². The van der Waals surface area contributed by atoms with Crippen molar-refractivity contribution in [1.82, 2.24) is 19.6 Å². The van der Waals surface area contributed by atoms with E-state index in [1.807, 2.05) is 9.80 Å². The number of nitrogens with one attached hydrogen (secondary N) is 1. The van der Waals surface area contributed by atoms with E-state index in [0.29, 0.717) is 62.5 Å². The molecule has 4 atom stereocenters. The van der Waals surface area contributed by atoms with Crippen molar-refractivity contribution in [1.29, 1.82) is 0 Å². The maximum Gasteiger partial charge on any atom is 0.261 e. The molecule has 0 radical (unpaired) electrons. The van der Waals surface area contributed by atoms with E-state index < -0.39 is 0 Å². The third kappa shape index (κ3) is 10.2. The summed E-state index contributed by atoms with van der Waals surface area (Å²) in [4.78, 5) is 44.8. The molecule has 4 heterocycles. The highest BCUT2D eigenvalue weighted by molar-refractivity contribution is 6.31. The standard InChI is InChI=1S/C23H25ClFN3O4.C15H18ClFN2O2/c1-15(29)26-21-8-17(24)4-7-22(21)32-14-23(30)28-19-10-27(11-20(28)13-31-12-19)9-16-2-5-18(25)6-3-16;16-5-15(20)19-13-7-18(8-14(19)10-21-9-13)6-11-1-3-12(17)4-2-11/h2-8,19-20H,9-14H2,1H3,(H,26,29);1-4,13-14H,5-10H2. The molecule has 0 aliphatic carbocycles. The number of ether oxygens (including phenoxy) is 3. The number of piperazine rings is 2. The number of nitrogens with zero attached hydrogens (tertiary/aromatic N) is 4. The van der Waals surface area contributed by atoms with Gasteiger partial charge in [-0.25, -0.2) is 8.78 Å². The second-order valence-electron chi connectivity index (χ2n) is 13.7. The van der Waals surface area contributed by atoms with Crippen molar-refractivity contribution in [2.24, 2.45) is 0 Å². The van der Waals surface area contributed by atoms with E-state index in [4.69, 9.17) is 37.4 Å². The molecule has 284 valence electrons. The highest BCUT2D eigenvalue weighted by Gasteiger charge is 2.42.